The summed E-state index contributed by atoms with van der Waals surface area (Å²) in [5.41, 5.74) is 0.956. The Labute approximate surface area is 73.2 Å². The number of epoxide rings is 1. The molecule has 68 valence electrons. The summed E-state index contributed by atoms with van der Waals surface area (Å²) in [6.07, 6.45) is 1.85. The lowest BCUT2D eigenvalue weighted by molar-refractivity contribution is 0.0641. The van der Waals surface area contributed by atoms with Crippen LogP contribution in [-0.4, -0.2) is 22.9 Å². The van der Waals surface area contributed by atoms with Crippen molar-refractivity contribution in [1.82, 2.24) is 0 Å². The maximum atomic E-state index is 9.73. The fourth-order valence-corrected chi connectivity index (χ4v) is 2.11. The molecule has 0 radical (unpaired) electrons. The molecule has 0 aromatic rings. The molecular formula is C10H16O2. The first-order valence-electron chi connectivity index (χ1n) is 4.55. The zero-order chi connectivity index (χ0) is 8.93. The molecule has 2 fully saturated rings. The van der Waals surface area contributed by atoms with Crippen LogP contribution in [0.25, 0.3) is 0 Å². The van der Waals surface area contributed by atoms with E-state index >= 15 is 0 Å². The van der Waals surface area contributed by atoms with Crippen LogP contribution in [0, 0.1) is 5.92 Å². The average Bonchev–Trinajstić information content (AvgIpc) is 2.62. The van der Waals surface area contributed by atoms with Crippen LogP contribution in [0.2, 0.25) is 0 Å². The summed E-state index contributed by atoms with van der Waals surface area (Å²) in [6.45, 7) is 7.95. The predicted octanol–water partition coefficient (Wildman–Crippen LogP) is 1.49. The number of aliphatic hydroxyl groups excluding tert-OH is 1. The first kappa shape index (κ1) is 8.27. The third kappa shape index (κ3) is 1.02. The lowest BCUT2D eigenvalue weighted by Gasteiger charge is -2.27. The van der Waals surface area contributed by atoms with Crippen LogP contribution in [0.3, 0.4) is 0 Å². The minimum atomic E-state index is -0.294. The fraction of sp³-hybridized carbons (Fsp3) is 0.800. The first-order chi connectivity index (χ1) is 5.54. The van der Waals surface area contributed by atoms with Crippen LogP contribution in [-0.2, 0) is 4.74 Å². The lowest BCUT2D eigenvalue weighted by atomic mass is 9.78. The van der Waals surface area contributed by atoms with Crippen molar-refractivity contribution >= 4 is 0 Å². The van der Waals surface area contributed by atoms with E-state index in [1.54, 1.807) is 0 Å². The molecule has 1 aliphatic heterocycles. The average molecular weight is 168 g/mol. The quantitative estimate of drug-likeness (QED) is 0.475. The van der Waals surface area contributed by atoms with Gasteiger partial charge in [-0.1, -0.05) is 12.2 Å². The number of hydrogen-bond acceptors (Lipinski definition) is 2. The number of fused-ring (bicyclic) bond motifs is 1. The second kappa shape index (κ2) is 2.33. The van der Waals surface area contributed by atoms with Crippen LogP contribution in [0.4, 0.5) is 0 Å². The van der Waals surface area contributed by atoms with E-state index in [9.17, 15) is 5.11 Å². The summed E-state index contributed by atoms with van der Waals surface area (Å²) in [5.74, 6) is 0.459. The SMILES string of the molecule is C=C(C)[C@@H]1C[C@H](O)C2(C)O[C@@H]2C1. The van der Waals surface area contributed by atoms with Crippen molar-refractivity contribution in [2.45, 2.75) is 44.5 Å². The van der Waals surface area contributed by atoms with Crippen LogP contribution in [0.1, 0.15) is 26.7 Å². The monoisotopic (exact) mass is 168 g/mol. The molecule has 0 aromatic heterocycles. The van der Waals surface area contributed by atoms with Crippen LogP contribution >= 0.6 is 0 Å². The number of aliphatic hydroxyl groups is 1. The summed E-state index contributed by atoms with van der Waals surface area (Å²) in [6, 6.07) is 0. The molecule has 1 aliphatic carbocycles. The molecule has 12 heavy (non-hydrogen) atoms. The standard InChI is InChI=1S/C10H16O2/c1-6(2)7-4-8(11)10(3)9(5-7)12-10/h7-9,11H,1,4-5H2,2-3H3/t7-,8+,9-,10?/m1/s1. The van der Waals surface area contributed by atoms with Crippen molar-refractivity contribution in [1.29, 1.82) is 0 Å². The molecule has 4 atom stereocenters. The molecule has 1 saturated heterocycles. The van der Waals surface area contributed by atoms with Crippen LogP contribution in [0.5, 0.6) is 0 Å². The topological polar surface area (TPSA) is 32.8 Å². The maximum absolute atomic E-state index is 9.73. The van der Waals surface area contributed by atoms with Gasteiger partial charge < -0.3 is 9.84 Å². The van der Waals surface area contributed by atoms with E-state index in [4.69, 9.17) is 4.74 Å². The molecule has 0 aromatic carbocycles. The van der Waals surface area contributed by atoms with Gasteiger partial charge in [0, 0.05) is 0 Å². The van der Waals surface area contributed by atoms with E-state index in [2.05, 4.69) is 6.58 Å². The van der Waals surface area contributed by atoms with Crippen LogP contribution < -0.4 is 0 Å². The van der Waals surface area contributed by atoms with E-state index in [0.717, 1.165) is 12.8 Å². The van der Waals surface area contributed by atoms with Gasteiger partial charge in [0.25, 0.3) is 0 Å². The highest BCUT2D eigenvalue weighted by molar-refractivity contribution is 5.14. The highest BCUT2D eigenvalue weighted by Crippen LogP contribution is 2.50. The van der Waals surface area contributed by atoms with Gasteiger partial charge in [-0.05, 0) is 32.6 Å². The Kier molecular flexibility index (Phi) is 1.61. The molecule has 2 aliphatic rings. The van der Waals surface area contributed by atoms with Crippen LogP contribution in [0.15, 0.2) is 12.2 Å². The van der Waals surface area contributed by atoms with Gasteiger partial charge in [-0.3, -0.25) is 0 Å². The summed E-state index contributed by atoms with van der Waals surface area (Å²) >= 11 is 0. The smallest absolute Gasteiger partial charge is 0.118 e. The zero-order valence-electron chi connectivity index (χ0n) is 7.71. The normalized spacial score (nSPS) is 51.4. The third-order valence-corrected chi connectivity index (χ3v) is 3.34. The highest BCUT2D eigenvalue weighted by Gasteiger charge is 2.60. The molecule has 1 unspecified atom stereocenters. The Morgan fingerprint density at radius 3 is 2.75 bits per heavy atom. The third-order valence-electron chi connectivity index (χ3n) is 3.34. The number of rotatable bonds is 1. The van der Waals surface area contributed by atoms with Gasteiger partial charge in [0.15, 0.2) is 0 Å². The van der Waals surface area contributed by atoms with E-state index in [0.29, 0.717) is 5.92 Å². The molecule has 1 N–H and O–H groups in total. The second-order valence-corrected chi connectivity index (χ2v) is 4.32. The molecule has 2 rings (SSSR count). The minimum Gasteiger partial charge on any atom is -0.390 e. The fourth-order valence-electron chi connectivity index (χ4n) is 2.11. The molecule has 2 heteroatoms. The highest BCUT2D eigenvalue weighted by atomic mass is 16.6. The lowest BCUT2D eigenvalue weighted by Crippen LogP contribution is -2.36. The number of allylic oxidation sites excluding steroid dienone is 1. The molecule has 2 nitrogen and oxygen atoms in total. The predicted molar refractivity (Wildman–Crippen MR) is 46.8 cm³/mol. The van der Waals surface area contributed by atoms with Gasteiger partial charge >= 0.3 is 0 Å². The van der Waals surface area contributed by atoms with Gasteiger partial charge in [-0.25, -0.2) is 0 Å². The maximum Gasteiger partial charge on any atom is 0.118 e. The summed E-state index contributed by atoms with van der Waals surface area (Å²) < 4.78 is 5.47. The largest absolute Gasteiger partial charge is 0.390 e. The van der Waals surface area contributed by atoms with Crippen molar-refractivity contribution in [2.24, 2.45) is 5.92 Å². The molecule has 0 spiro atoms. The zero-order valence-corrected chi connectivity index (χ0v) is 7.71. The van der Waals surface area contributed by atoms with Crippen molar-refractivity contribution < 1.29 is 9.84 Å². The van der Waals surface area contributed by atoms with Gasteiger partial charge in [-0.2, -0.15) is 0 Å². The van der Waals surface area contributed by atoms with E-state index < -0.39 is 0 Å². The van der Waals surface area contributed by atoms with Crippen molar-refractivity contribution in [3.63, 3.8) is 0 Å². The second-order valence-electron chi connectivity index (χ2n) is 4.32. The first-order valence-corrected chi connectivity index (χ1v) is 4.55. The Balaban J connectivity index is 2.06. The van der Waals surface area contributed by atoms with Gasteiger partial charge in [0.2, 0.25) is 0 Å². The number of ether oxygens (including phenoxy) is 1. The Bertz CT molecular complexity index is 224. The van der Waals surface area contributed by atoms with Gasteiger partial charge in [0.1, 0.15) is 5.60 Å². The Morgan fingerprint density at radius 1 is 1.58 bits per heavy atom. The molecule has 0 amide bonds. The Hall–Kier alpha value is -0.340. The van der Waals surface area contributed by atoms with Gasteiger partial charge in [0.05, 0.1) is 12.2 Å². The van der Waals surface area contributed by atoms with Gasteiger partial charge in [-0.15, -0.1) is 0 Å². The van der Waals surface area contributed by atoms with E-state index in [1.165, 1.54) is 5.57 Å². The minimum absolute atomic E-state index is 0.216. The van der Waals surface area contributed by atoms with E-state index in [1.807, 2.05) is 13.8 Å². The van der Waals surface area contributed by atoms with Crippen molar-refractivity contribution in [2.75, 3.05) is 0 Å². The molecule has 0 bridgehead atoms. The van der Waals surface area contributed by atoms with Crippen molar-refractivity contribution in [3.05, 3.63) is 12.2 Å². The van der Waals surface area contributed by atoms with E-state index in [-0.39, 0.29) is 17.8 Å². The molecule has 1 saturated carbocycles. The summed E-state index contributed by atoms with van der Waals surface area (Å²) in [4.78, 5) is 0. The summed E-state index contributed by atoms with van der Waals surface area (Å²) in [7, 11) is 0. The number of hydrogen-bond donors (Lipinski definition) is 1. The Morgan fingerprint density at radius 2 is 2.25 bits per heavy atom. The molecule has 1 heterocycles. The molecular weight excluding hydrogens is 152 g/mol. The summed E-state index contributed by atoms with van der Waals surface area (Å²) in [5, 5.41) is 9.73. The van der Waals surface area contributed by atoms with Crippen molar-refractivity contribution in [3.8, 4) is 0 Å².